The van der Waals surface area contributed by atoms with Crippen LogP contribution in [-0.2, 0) is 16.1 Å². The molecule has 0 unspecified atom stereocenters. The van der Waals surface area contributed by atoms with Crippen LogP contribution in [0, 0.1) is 6.92 Å². The highest BCUT2D eigenvalue weighted by atomic mass is 35.5. The number of halogens is 1. The molecule has 7 nitrogen and oxygen atoms in total. The molecule has 0 saturated carbocycles. The molecule has 2 aliphatic rings. The van der Waals surface area contributed by atoms with E-state index in [4.69, 9.17) is 21.1 Å². The summed E-state index contributed by atoms with van der Waals surface area (Å²) in [4.78, 5) is 8.53. The van der Waals surface area contributed by atoms with Gasteiger partial charge in [-0.15, -0.1) is 0 Å². The van der Waals surface area contributed by atoms with Crippen molar-refractivity contribution in [1.29, 1.82) is 0 Å². The first kappa shape index (κ1) is 18.0. The molecular weight excluding hydrogens is 382 g/mol. The first-order valence-corrected chi connectivity index (χ1v) is 9.49. The summed E-state index contributed by atoms with van der Waals surface area (Å²) < 4.78 is 13.9. The van der Waals surface area contributed by atoms with Crippen molar-refractivity contribution >= 4 is 22.6 Å². The van der Waals surface area contributed by atoms with Crippen molar-refractivity contribution in [2.24, 2.45) is 0 Å². The number of aliphatic hydroxyl groups is 2. The standard InChI is InChI=1S/C20H20ClN3O4/c1-10-13-5-6-24(18(13)23-9-22-10)19-16(25)20(2,26)17(28-19)15-14-4-3-12(21)7-11(14)8-27-15/h3-7,9,15-17,19,25-26H,8H2,1-2H3/t15-,16+,17-,19-,20+/m1/s1. The quantitative estimate of drug-likeness (QED) is 0.686. The summed E-state index contributed by atoms with van der Waals surface area (Å²) >= 11 is 6.08. The van der Waals surface area contributed by atoms with Gasteiger partial charge in [0.15, 0.2) is 6.23 Å². The average molecular weight is 402 g/mol. The van der Waals surface area contributed by atoms with Crippen LogP contribution in [0.25, 0.3) is 11.0 Å². The summed E-state index contributed by atoms with van der Waals surface area (Å²) in [7, 11) is 0. The van der Waals surface area contributed by atoms with Crippen LogP contribution in [0.15, 0.2) is 36.8 Å². The first-order chi connectivity index (χ1) is 13.4. The van der Waals surface area contributed by atoms with Crippen molar-refractivity contribution in [3.63, 3.8) is 0 Å². The van der Waals surface area contributed by atoms with Crippen molar-refractivity contribution < 1.29 is 19.7 Å². The molecule has 0 amide bonds. The highest BCUT2D eigenvalue weighted by molar-refractivity contribution is 6.30. The number of benzene rings is 1. The Bertz CT molecular complexity index is 1070. The van der Waals surface area contributed by atoms with Gasteiger partial charge in [0.05, 0.1) is 12.3 Å². The van der Waals surface area contributed by atoms with Crippen LogP contribution in [0.5, 0.6) is 0 Å². The molecule has 5 atom stereocenters. The third-order valence-corrected chi connectivity index (χ3v) is 6.05. The lowest BCUT2D eigenvalue weighted by molar-refractivity contribution is -0.130. The van der Waals surface area contributed by atoms with Crippen LogP contribution in [-0.4, -0.2) is 42.6 Å². The zero-order valence-electron chi connectivity index (χ0n) is 15.4. The van der Waals surface area contributed by atoms with Gasteiger partial charge in [0.25, 0.3) is 0 Å². The van der Waals surface area contributed by atoms with Crippen LogP contribution in [0.2, 0.25) is 5.02 Å². The number of rotatable bonds is 2. The number of hydrogen-bond donors (Lipinski definition) is 2. The lowest BCUT2D eigenvalue weighted by atomic mass is 9.88. The van der Waals surface area contributed by atoms with Crippen LogP contribution in [0.3, 0.4) is 0 Å². The molecule has 4 heterocycles. The molecule has 28 heavy (non-hydrogen) atoms. The first-order valence-electron chi connectivity index (χ1n) is 9.12. The highest BCUT2D eigenvalue weighted by Gasteiger charge is 2.57. The van der Waals surface area contributed by atoms with E-state index in [2.05, 4.69) is 9.97 Å². The van der Waals surface area contributed by atoms with Gasteiger partial charge in [-0.25, -0.2) is 9.97 Å². The lowest BCUT2D eigenvalue weighted by Gasteiger charge is -2.30. The van der Waals surface area contributed by atoms with Gasteiger partial charge in [-0.1, -0.05) is 17.7 Å². The topological polar surface area (TPSA) is 89.6 Å². The normalized spacial score (nSPS) is 32.2. The van der Waals surface area contributed by atoms with Crippen molar-refractivity contribution in [3.05, 3.63) is 58.6 Å². The minimum Gasteiger partial charge on any atom is -0.385 e. The smallest absolute Gasteiger partial charge is 0.164 e. The number of aliphatic hydroxyl groups excluding tert-OH is 1. The predicted octanol–water partition coefficient (Wildman–Crippen LogP) is 2.67. The maximum atomic E-state index is 11.1. The van der Waals surface area contributed by atoms with Gasteiger partial charge in [0.2, 0.25) is 0 Å². The monoisotopic (exact) mass is 401 g/mol. The van der Waals surface area contributed by atoms with Crippen molar-refractivity contribution in [2.45, 2.75) is 50.6 Å². The number of fused-ring (bicyclic) bond motifs is 2. The van der Waals surface area contributed by atoms with Gasteiger partial charge in [0.1, 0.15) is 35.9 Å². The summed E-state index contributed by atoms with van der Waals surface area (Å²) in [5.74, 6) is 0. The molecule has 146 valence electrons. The van der Waals surface area contributed by atoms with Crippen LogP contribution in [0.4, 0.5) is 0 Å². The molecule has 0 radical (unpaired) electrons. The molecule has 1 aromatic carbocycles. The van der Waals surface area contributed by atoms with Crippen molar-refractivity contribution in [3.8, 4) is 0 Å². The number of aromatic nitrogens is 3. The Labute approximate surface area is 166 Å². The van der Waals surface area contributed by atoms with Gasteiger partial charge < -0.3 is 24.3 Å². The Morgan fingerprint density at radius 2 is 2.11 bits per heavy atom. The maximum absolute atomic E-state index is 11.1. The van der Waals surface area contributed by atoms with Gasteiger partial charge in [-0.2, -0.15) is 0 Å². The molecule has 1 saturated heterocycles. The maximum Gasteiger partial charge on any atom is 0.164 e. The fourth-order valence-corrected chi connectivity index (χ4v) is 4.41. The van der Waals surface area contributed by atoms with E-state index >= 15 is 0 Å². The molecule has 1 fully saturated rings. The average Bonchev–Trinajstić information content (AvgIpc) is 3.32. The van der Waals surface area contributed by atoms with E-state index in [-0.39, 0.29) is 0 Å². The number of hydrogen-bond acceptors (Lipinski definition) is 6. The van der Waals surface area contributed by atoms with Gasteiger partial charge in [-0.3, -0.25) is 0 Å². The van der Waals surface area contributed by atoms with E-state index < -0.39 is 30.1 Å². The molecule has 8 heteroatoms. The van der Waals surface area contributed by atoms with E-state index in [1.54, 1.807) is 23.8 Å². The Hall–Kier alpha value is -2.03. The van der Waals surface area contributed by atoms with Gasteiger partial charge in [0, 0.05) is 16.6 Å². The van der Waals surface area contributed by atoms with E-state index in [1.807, 2.05) is 25.1 Å². The van der Waals surface area contributed by atoms with E-state index in [9.17, 15) is 10.2 Å². The molecule has 2 aliphatic heterocycles. The highest BCUT2D eigenvalue weighted by Crippen LogP contribution is 2.47. The fraction of sp³-hybridized carbons (Fsp3) is 0.400. The summed E-state index contributed by atoms with van der Waals surface area (Å²) in [6.45, 7) is 3.86. The Kier molecular flexibility index (Phi) is 4.01. The zero-order valence-corrected chi connectivity index (χ0v) is 16.2. The SMILES string of the molecule is Cc1ncnc2c1ccn2[C@@H]1O[C@H]([C@@H]2OCc3cc(Cl)ccc32)[C@@](C)(O)[C@H]1O. The summed E-state index contributed by atoms with van der Waals surface area (Å²) in [6.07, 6.45) is 0.0538. The minimum atomic E-state index is -1.52. The number of nitrogens with zero attached hydrogens (tertiary/aromatic N) is 3. The van der Waals surface area contributed by atoms with E-state index in [0.29, 0.717) is 17.3 Å². The van der Waals surface area contributed by atoms with Crippen molar-refractivity contribution in [2.75, 3.05) is 0 Å². The largest absolute Gasteiger partial charge is 0.385 e. The summed E-state index contributed by atoms with van der Waals surface area (Å²) in [5, 5.41) is 23.6. The lowest BCUT2D eigenvalue weighted by Crippen LogP contribution is -2.47. The Balaban J connectivity index is 1.53. The van der Waals surface area contributed by atoms with Gasteiger partial charge in [-0.05, 0) is 43.2 Å². The molecule has 2 aromatic heterocycles. The van der Waals surface area contributed by atoms with Gasteiger partial charge >= 0.3 is 0 Å². The summed E-state index contributed by atoms with van der Waals surface area (Å²) in [6, 6.07) is 7.41. The molecule has 0 bridgehead atoms. The molecule has 0 spiro atoms. The molecule has 2 N–H and O–H groups in total. The third kappa shape index (κ3) is 2.51. The minimum absolute atomic E-state index is 0.385. The number of aryl methyl sites for hydroxylation is 1. The second-order valence-corrected chi connectivity index (χ2v) is 8.05. The number of ether oxygens (including phenoxy) is 2. The van der Waals surface area contributed by atoms with E-state index in [0.717, 1.165) is 22.2 Å². The van der Waals surface area contributed by atoms with Crippen LogP contribution in [0.1, 0.15) is 36.1 Å². The third-order valence-electron chi connectivity index (χ3n) is 5.82. The molecule has 3 aromatic rings. The molecule has 0 aliphatic carbocycles. The molecular formula is C20H20ClN3O4. The Morgan fingerprint density at radius 3 is 2.93 bits per heavy atom. The Morgan fingerprint density at radius 1 is 1.29 bits per heavy atom. The second-order valence-electron chi connectivity index (χ2n) is 7.61. The fourth-order valence-electron chi connectivity index (χ4n) is 4.21. The van der Waals surface area contributed by atoms with Crippen molar-refractivity contribution in [1.82, 2.24) is 14.5 Å². The summed E-state index contributed by atoms with van der Waals surface area (Å²) in [5.41, 5.74) is 1.84. The zero-order chi connectivity index (χ0) is 19.6. The second kappa shape index (κ2) is 6.23. The molecule has 5 rings (SSSR count). The van der Waals surface area contributed by atoms with Crippen LogP contribution >= 0.6 is 11.6 Å². The predicted molar refractivity (Wildman–Crippen MR) is 102 cm³/mol. The van der Waals surface area contributed by atoms with E-state index in [1.165, 1.54) is 6.33 Å². The van der Waals surface area contributed by atoms with Crippen LogP contribution < -0.4 is 0 Å².